The predicted molar refractivity (Wildman–Crippen MR) is 67.6 cm³/mol. The van der Waals surface area contributed by atoms with E-state index in [0.717, 1.165) is 24.1 Å². The molecule has 0 N–H and O–H groups in total. The first kappa shape index (κ1) is 11.9. The minimum absolute atomic E-state index is 0.814. The van der Waals surface area contributed by atoms with Gasteiger partial charge in [0.1, 0.15) is 5.75 Å². The normalized spacial score (nSPS) is 10.1. The molecule has 0 heterocycles. The fraction of sp³-hybridized carbons (Fsp3) is 0.455. The molecule has 1 nitrogen and oxygen atoms in total. The van der Waals surface area contributed by atoms with Gasteiger partial charge in [-0.1, -0.05) is 28.1 Å². The number of thioether (sulfide) groups is 1. The van der Waals surface area contributed by atoms with Gasteiger partial charge in [-0.2, -0.15) is 11.8 Å². The Bertz CT molecular complexity index is 248. The zero-order valence-electron chi connectivity index (χ0n) is 8.33. The molecular formula is C11H15BrOS. The van der Waals surface area contributed by atoms with E-state index >= 15 is 0 Å². The van der Waals surface area contributed by atoms with Crippen LogP contribution in [0.2, 0.25) is 0 Å². The molecule has 0 atom stereocenters. The lowest BCUT2D eigenvalue weighted by molar-refractivity contribution is 0.318. The van der Waals surface area contributed by atoms with Crippen LogP contribution in [0.1, 0.15) is 12.0 Å². The first-order chi connectivity index (χ1) is 6.86. The van der Waals surface area contributed by atoms with Crippen LogP contribution in [0.4, 0.5) is 0 Å². The van der Waals surface area contributed by atoms with Crippen LogP contribution in [0.25, 0.3) is 0 Å². The Morgan fingerprint density at radius 3 is 2.57 bits per heavy atom. The molecule has 0 aliphatic carbocycles. The van der Waals surface area contributed by atoms with E-state index in [2.05, 4.69) is 34.3 Å². The molecule has 0 spiro atoms. The third-order valence-corrected chi connectivity index (χ3v) is 3.18. The van der Waals surface area contributed by atoms with Crippen LogP contribution in [-0.4, -0.2) is 18.6 Å². The summed E-state index contributed by atoms with van der Waals surface area (Å²) in [6, 6.07) is 8.21. The Hall–Kier alpha value is -0.150. The van der Waals surface area contributed by atoms with Gasteiger partial charge in [0.05, 0.1) is 6.61 Å². The van der Waals surface area contributed by atoms with Crippen LogP contribution in [0, 0.1) is 0 Å². The fourth-order valence-electron chi connectivity index (χ4n) is 1.07. The maximum Gasteiger partial charge on any atom is 0.119 e. The quantitative estimate of drug-likeness (QED) is 0.578. The average Bonchev–Trinajstić information content (AvgIpc) is 2.25. The molecule has 0 saturated carbocycles. The summed E-state index contributed by atoms with van der Waals surface area (Å²) < 4.78 is 5.58. The minimum atomic E-state index is 0.814. The van der Waals surface area contributed by atoms with Crippen molar-refractivity contribution in [2.24, 2.45) is 0 Å². The minimum Gasteiger partial charge on any atom is -0.494 e. The first-order valence-corrected chi connectivity index (χ1v) is 7.15. The number of hydrogen-bond donors (Lipinski definition) is 0. The fourth-order valence-corrected chi connectivity index (χ4v) is 1.85. The summed E-state index contributed by atoms with van der Waals surface area (Å²) in [4.78, 5) is 0. The van der Waals surface area contributed by atoms with Gasteiger partial charge in [-0.15, -0.1) is 0 Å². The molecule has 78 valence electrons. The second-order valence-electron chi connectivity index (χ2n) is 2.97. The van der Waals surface area contributed by atoms with Gasteiger partial charge in [0.15, 0.2) is 0 Å². The van der Waals surface area contributed by atoms with Gasteiger partial charge in [0, 0.05) is 5.33 Å². The highest BCUT2D eigenvalue weighted by Crippen LogP contribution is 2.14. The van der Waals surface area contributed by atoms with Crippen molar-refractivity contribution in [1.82, 2.24) is 0 Å². The monoisotopic (exact) mass is 274 g/mol. The van der Waals surface area contributed by atoms with Gasteiger partial charge in [0.25, 0.3) is 0 Å². The standard InChI is InChI=1S/C11H15BrOS/c1-14-8-2-7-13-11-5-3-10(9-12)4-6-11/h3-6H,2,7-9H2,1H3. The maximum absolute atomic E-state index is 5.58. The van der Waals surface area contributed by atoms with Crippen LogP contribution in [-0.2, 0) is 5.33 Å². The molecule has 0 saturated heterocycles. The average molecular weight is 275 g/mol. The van der Waals surface area contributed by atoms with Crippen LogP contribution in [0.3, 0.4) is 0 Å². The summed E-state index contributed by atoms with van der Waals surface area (Å²) in [5.41, 5.74) is 1.28. The van der Waals surface area contributed by atoms with Crippen LogP contribution < -0.4 is 4.74 Å². The Morgan fingerprint density at radius 1 is 1.29 bits per heavy atom. The second kappa shape index (κ2) is 7.18. The van der Waals surface area contributed by atoms with E-state index in [1.54, 1.807) is 0 Å². The largest absolute Gasteiger partial charge is 0.494 e. The second-order valence-corrected chi connectivity index (χ2v) is 4.52. The van der Waals surface area contributed by atoms with E-state index in [1.807, 2.05) is 23.9 Å². The van der Waals surface area contributed by atoms with Crippen molar-refractivity contribution in [2.75, 3.05) is 18.6 Å². The van der Waals surface area contributed by atoms with Gasteiger partial charge in [-0.25, -0.2) is 0 Å². The molecular weight excluding hydrogens is 260 g/mol. The Balaban J connectivity index is 2.29. The van der Waals surface area contributed by atoms with E-state index in [4.69, 9.17) is 4.74 Å². The van der Waals surface area contributed by atoms with E-state index in [0.29, 0.717) is 0 Å². The summed E-state index contributed by atoms with van der Waals surface area (Å²) in [7, 11) is 0. The van der Waals surface area contributed by atoms with Crippen molar-refractivity contribution >= 4 is 27.7 Å². The van der Waals surface area contributed by atoms with Gasteiger partial charge in [0.2, 0.25) is 0 Å². The van der Waals surface area contributed by atoms with Gasteiger partial charge >= 0.3 is 0 Å². The zero-order chi connectivity index (χ0) is 10.2. The Kier molecular flexibility index (Phi) is 6.12. The third-order valence-electron chi connectivity index (χ3n) is 1.84. The predicted octanol–water partition coefficient (Wildman–Crippen LogP) is 3.71. The Labute approximate surface area is 98.4 Å². The molecule has 0 unspecified atom stereocenters. The molecule has 1 aromatic carbocycles. The number of rotatable bonds is 6. The molecule has 0 amide bonds. The zero-order valence-corrected chi connectivity index (χ0v) is 10.7. The number of benzene rings is 1. The van der Waals surface area contributed by atoms with Crippen molar-refractivity contribution < 1.29 is 4.74 Å². The Morgan fingerprint density at radius 2 is 2.00 bits per heavy atom. The first-order valence-electron chi connectivity index (χ1n) is 4.63. The molecule has 0 aliphatic rings. The van der Waals surface area contributed by atoms with Crippen molar-refractivity contribution in [1.29, 1.82) is 0 Å². The van der Waals surface area contributed by atoms with E-state index < -0.39 is 0 Å². The highest BCUT2D eigenvalue weighted by Gasteiger charge is 1.94. The lowest BCUT2D eigenvalue weighted by Crippen LogP contribution is -1.98. The highest BCUT2D eigenvalue weighted by atomic mass is 79.9. The number of halogens is 1. The van der Waals surface area contributed by atoms with E-state index in [9.17, 15) is 0 Å². The maximum atomic E-state index is 5.58. The van der Waals surface area contributed by atoms with E-state index in [-0.39, 0.29) is 0 Å². The molecule has 0 fully saturated rings. The molecule has 0 aromatic heterocycles. The molecule has 0 bridgehead atoms. The van der Waals surface area contributed by atoms with Gasteiger partial charge in [-0.05, 0) is 36.1 Å². The lowest BCUT2D eigenvalue weighted by atomic mass is 10.2. The van der Waals surface area contributed by atoms with Crippen molar-refractivity contribution in [3.05, 3.63) is 29.8 Å². The van der Waals surface area contributed by atoms with Crippen LogP contribution >= 0.6 is 27.7 Å². The van der Waals surface area contributed by atoms with E-state index in [1.165, 1.54) is 11.3 Å². The van der Waals surface area contributed by atoms with Crippen LogP contribution in [0.15, 0.2) is 24.3 Å². The van der Waals surface area contributed by atoms with Gasteiger partial charge < -0.3 is 4.74 Å². The summed E-state index contributed by atoms with van der Waals surface area (Å²) in [6.07, 6.45) is 3.23. The molecule has 14 heavy (non-hydrogen) atoms. The summed E-state index contributed by atoms with van der Waals surface area (Å²) in [5.74, 6) is 2.13. The van der Waals surface area contributed by atoms with Crippen LogP contribution in [0.5, 0.6) is 5.75 Å². The molecule has 0 radical (unpaired) electrons. The van der Waals surface area contributed by atoms with Crippen molar-refractivity contribution in [3.63, 3.8) is 0 Å². The summed E-state index contributed by atoms with van der Waals surface area (Å²) >= 11 is 5.27. The molecule has 1 aromatic rings. The third kappa shape index (κ3) is 4.38. The van der Waals surface area contributed by atoms with Crippen molar-refractivity contribution in [3.8, 4) is 5.75 Å². The van der Waals surface area contributed by atoms with Gasteiger partial charge in [-0.3, -0.25) is 0 Å². The molecule has 3 heteroatoms. The molecule has 0 aliphatic heterocycles. The van der Waals surface area contributed by atoms with Crippen molar-refractivity contribution in [2.45, 2.75) is 11.8 Å². The molecule has 1 rings (SSSR count). The SMILES string of the molecule is CSCCCOc1ccc(CBr)cc1. The smallest absolute Gasteiger partial charge is 0.119 e. The lowest BCUT2D eigenvalue weighted by Gasteiger charge is -2.05. The highest BCUT2D eigenvalue weighted by molar-refractivity contribution is 9.08. The summed E-state index contributed by atoms with van der Waals surface area (Å²) in [5, 5.41) is 0.903. The number of hydrogen-bond acceptors (Lipinski definition) is 2. The number of alkyl halides is 1. The summed E-state index contributed by atoms with van der Waals surface area (Å²) in [6.45, 7) is 0.814. The topological polar surface area (TPSA) is 9.23 Å². The number of ether oxygens (including phenoxy) is 1.